The van der Waals surface area contributed by atoms with Gasteiger partial charge < -0.3 is 12.5 Å². The molecule has 0 heterocycles. The molecule has 2 fully saturated rings. The van der Waals surface area contributed by atoms with Crippen LogP contribution in [-0.4, -0.2) is 12.2 Å². The number of hydrogen-bond donors (Lipinski definition) is 1. The summed E-state index contributed by atoms with van der Waals surface area (Å²) < 4.78 is 0. The molecule has 0 atom stereocenters. The molecule has 88 valence electrons. The van der Waals surface area contributed by atoms with Crippen molar-refractivity contribution in [3.05, 3.63) is 70.6 Å². The van der Waals surface area contributed by atoms with Crippen molar-refractivity contribution in [2.45, 2.75) is 13.8 Å². The van der Waals surface area contributed by atoms with E-state index in [1.165, 1.54) is 11.8 Å². The minimum absolute atomic E-state index is 0. The second kappa shape index (κ2) is 15.8. The topological polar surface area (TPSA) is 20.2 Å². The molecule has 0 unspecified atom stereocenters. The minimum Gasteiger partial charge on any atom is -0.400 e. The number of aliphatic hydroxyl groups excluding tert-OH is 1. The average Bonchev–Trinajstić information content (AvgIpc) is 2.83. The smallest absolute Gasteiger partial charge is 0.0319 e. The monoisotopic (exact) mass is 385 g/mol. The van der Waals surface area contributed by atoms with Crippen molar-refractivity contribution in [2.75, 3.05) is 7.11 Å². The molecule has 2 rings (SSSR count). The van der Waals surface area contributed by atoms with Crippen LogP contribution in [0.2, 0.25) is 0 Å². The molecule has 2 saturated carbocycles. The number of aliphatic hydroxyl groups is 1. The van der Waals surface area contributed by atoms with Crippen LogP contribution in [0.3, 0.4) is 0 Å². The summed E-state index contributed by atoms with van der Waals surface area (Å²) in [5.74, 6) is 2.69. The zero-order valence-electron chi connectivity index (χ0n) is 10.6. The Bertz CT molecular complexity index is 91.3. The second-order valence-corrected chi connectivity index (χ2v) is 2.92. The summed E-state index contributed by atoms with van der Waals surface area (Å²) in [5, 5.41) is 7.00. The fourth-order valence-electron chi connectivity index (χ4n) is 0.940. The van der Waals surface area contributed by atoms with Crippen LogP contribution in [0.1, 0.15) is 13.8 Å². The molecule has 0 aromatic heterocycles. The first-order valence-corrected chi connectivity index (χ1v) is 4.60. The van der Waals surface area contributed by atoms with Gasteiger partial charge in [0.25, 0.3) is 0 Å². The van der Waals surface area contributed by atoms with Crippen molar-refractivity contribution in [1.29, 1.82) is 0 Å². The van der Waals surface area contributed by atoms with Crippen molar-refractivity contribution >= 4 is 0 Å². The van der Waals surface area contributed by atoms with Gasteiger partial charge in [-0.2, -0.15) is 0 Å². The van der Waals surface area contributed by atoms with E-state index in [-0.39, 0.29) is 33.3 Å². The molecule has 10 radical (unpaired) electrons. The van der Waals surface area contributed by atoms with E-state index in [1.807, 2.05) is 25.7 Å². The summed E-state index contributed by atoms with van der Waals surface area (Å²) in [4.78, 5) is 0. The van der Waals surface area contributed by atoms with Crippen LogP contribution in [0.4, 0.5) is 0 Å². The molecule has 2 aliphatic rings. The Balaban J connectivity index is -0.000000165. The molecule has 1 nitrogen and oxygen atoms in total. The quantitative estimate of drug-likeness (QED) is 0.504. The van der Waals surface area contributed by atoms with Crippen molar-refractivity contribution in [3.63, 3.8) is 0 Å². The van der Waals surface area contributed by atoms with Gasteiger partial charge in [0.1, 0.15) is 0 Å². The third kappa shape index (κ3) is 12.9. The maximum absolute atomic E-state index is 7.00. The third-order valence-corrected chi connectivity index (χ3v) is 1.66. The molecule has 0 bridgehead atoms. The third-order valence-electron chi connectivity index (χ3n) is 1.66. The van der Waals surface area contributed by atoms with Crippen LogP contribution in [0, 0.1) is 70.6 Å². The van der Waals surface area contributed by atoms with Crippen LogP contribution < -0.4 is 0 Å². The molecule has 16 heavy (non-hydrogen) atoms. The molecule has 0 amide bonds. The van der Waals surface area contributed by atoms with Gasteiger partial charge in [-0.15, -0.1) is 0 Å². The van der Waals surface area contributed by atoms with Gasteiger partial charge in [0.05, 0.1) is 0 Å². The van der Waals surface area contributed by atoms with Gasteiger partial charge in [-0.3, -0.25) is 0 Å². The van der Waals surface area contributed by atoms with Gasteiger partial charge in [0, 0.05) is 33.0 Å². The molecule has 0 aromatic rings. The van der Waals surface area contributed by atoms with Gasteiger partial charge in [-0.1, -0.05) is 13.8 Å². The Morgan fingerprint density at radius 1 is 0.688 bits per heavy atom. The molecule has 1 N–H and O–H groups in total. The van der Waals surface area contributed by atoms with Gasteiger partial charge in [0.2, 0.25) is 0 Å². The fraction of sp³-hybridized carbons (Fsp3) is 0.214. The molecule has 0 saturated heterocycles. The van der Waals surface area contributed by atoms with Crippen molar-refractivity contribution < 1.29 is 30.9 Å². The summed E-state index contributed by atoms with van der Waals surface area (Å²) in [6, 6.07) is 0. The van der Waals surface area contributed by atoms with Gasteiger partial charge in [0.15, 0.2) is 0 Å². The number of rotatable bonds is 0. The van der Waals surface area contributed by atoms with E-state index in [2.05, 4.69) is 39.5 Å². The first kappa shape index (κ1) is 22.0. The predicted molar refractivity (Wildman–Crippen MR) is 66.8 cm³/mol. The van der Waals surface area contributed by atoms with Crippen LogP contribution in [0.25, 0.3) is 0 Å². The Morgan fingerprint density at radius 3 is 0.938 bits per heavy atom. The first-order valence-electron chi connectivity index (χ1n) is 4.60. The average molecular weight is 384 g/mol. The minimum atomic E-state index is 0. The normalized spacial score (nSPS) is 19.5. The van der Waals surface area contributed by atoms with Crippen LogP contribution in [0.15, 0.2) is 0 Å². The van der Waals surface area contributed by atoms with Crippen molar-refractivity contribution in [1.82, 2.24) is 0 Å². The standard InChI is InChI=1S/2C6H7.CH4O.CH3.Hf/c2*1-6-4-2-3-5-6;1-2;;/h2*2-5H,1H3;2H,1H3;1H3;/q;;;-1;. The molecule has 0 aromatic carbocycles. The van der Waals surface area contributed by atoms with E-state index in [9.17, 15) is 0 Å². The molecule has 2 heteroatoms. The van der Waals surface area contributed by atoms with Crippen molar-refractivity contribution in [3.8, 4) is 0 Å². The SMILES string of the molecule is CO.C[C]1[CH][CH][CH][CH]1.C[C]1[CH][CH][CH][CH]1.[CH3-].[Hf]. The first-order chi connectivity index (χ1) is 6.79. The van der Waals surface area contributed by atoms with Gasteiger partial charge in [-0.25, -0.2) is 0 Å². The molecule has 0 spiro atoms. The Kier molecular flexibility index (Phi) is 21.8. The zero-order chi connectivity index (χ0) is 10.8. The Hall–Kier alpha value is 0.830. The summed E-state index contributed by atoms with van der Waals surface area (Å²) in [6.07, 6.45) is 16.5. The molecule has 0 aliphatic heterocycles. The maximum Gasteiger partial charge on any atom is 0.0319 e. The van der Waals surface area contributed by atoms with E-state index >= 15 is 0 Å². The van der Waals surface area contributed by atoms with Gasteiger partial charge >= 0.3 is 0 Å². The van der Waals surface area contributed by atoms with Crippen LogP contribution in [-0.2, 0) is 25.8 Å². The summed E-state index contributed by atoms with van der Waals surface area (Å²) >= 11 is 0. The summed E-state index contributed by atoms with van der Waals surface area (Å²) in [6.45, 7) is 4.17. The zero-order valence-corrected chi connectivity index (χ0v) is 14.2. The van der Waals surface area contributed by atoms with Crippen LogP contribution >= 0.6 is 0 Å². The fourth-order valence-corrected chi connectivity index (χ4v) is 0.940. The number of hydrogen-bond acceptors (Lipinski definition) is 1. The van der Waals surface area contributed by atoms with Gasteiger partial charge in [-0.05, 0) is 63.2 Å². The molecular formula is C14H21HfO-. The summed E-state index contributed by atoms with van der Waals surface area (Å²) in [7, 11) is 1.00. The Morgan fingerprint density at radius 2 is 0.875 bits per heavy atom. The largest absolute Gasteiger partial charge is 0.400 e. The van der Waals surface area contributed by atoms with E-state index < -0.39 is 0 Å². The van der Waals surface area contributed by atoms with E-state index in [0.717, 1.165) is 7.11 Å². The second-order valence-electron chi connectivity index (χ2n) is 2.92. The molecule has 2 aliphatic carbocycles. The summed E-state index contributed by atoms with van der Waals surface area (Å²) in [5.41, 5.74) is 0. The molecular weight excluding hydrogens is 363 g/mol. The van der Waals surface area contributed by atoms with E-state index in [0.29, 0.717) is 0 Å². The van der Waals surface area contributed by atoms with E-state index in [1.54, 1.807) is 0 Å². The van der Waals surface area contributed by atoms with Crippen LogP contribution in [0.5, 0.6) is 0 Å². The maximum atomic E-state index is 7.00. The van der Waals surface area contributed by atoms with Crippen molar-refractivity contribution in [2.24, 2.45) is 0 Å². The predicted octanol–water partition coefficient (Wildman–Crippen LogP) is 2.88. The van der Waals surface area contributed by atoms with E-state index in [4.69, 9.17) is 5.11 Å². The Labute approximate surface area is 122 Å².